The maximum atomic E-state index is 14.7. The number of carbonyl (C=O) groups is 1. The summed E-state index contributed by atoms with van der Waals surface area (Å²) in [5.74, 6) is -3.00. The molecule has 3 heterocycles. The van der Waals surface area contributed by atoms with Crippen LogP contribution in [0.25, 0.3) is 11.1 Å². The van der Waals surface area contributed by atoms with Gasteiger partial charge in [0.1, 0.15) is 11.6 Å². The van der Waals surface area contributed by atoms with E-state index in [4.69, 9.17) is 9.26 Å². The number of rotatable bonds is 7. The molecule has 0 spiro atoms. The molecule has 1 amide bonds. The van der Waals surface area contributed by atoms with E-state index in [9.17, 15) is 31.5 Å². The van der Waals surface area contributed by atoms with Crippen molar-refractivity contribution in [2.24, 2.45) is 0 Å². The number of hydrogen-bond donors (Lipinski definition) is 3. The van der Waals surface area contributed by atoms with Crippen molar-refractivity contribution in [2.75, 3.05) is 23.4 Å². The number of halogens is 4. The number of alkyl halides is 2. The van der Waals surface area contributed by atoms with Crippen molar-refractivity contribution < 1.29 is 40.7 Å². The number of anilines is 1. The molecule has 2 aromatic heterocycles. The van der Waals surface area contributed by atoms with Crippen LogP contribution >= 0.6 is 10.6 Å². The van der Waals surface area contributed by atoms with Crippen LogP contribution in [-0.2, 0) is 0 Å². The van der Waals surface area contributed by atoms with Gasteiger partial charge < -0.3 is 14.6 Å². The fourth-order valence-electron chi connectivity index (χ4n) is 3.79. The normalized spacial score (nSPS) is 16.8. The molecular weight excluding hydrogens is 494 g/mol. The highest BCUT2D eigenvalue weighted by molar-refractivity contribution is 8.24. The maximum absolute atomic E-state index is 14.7. The predicted octanol–water partition coefficient (Wildman–Crippen LogP) is 5.54. The average Bonchev–Trinajstić information content (AvgIpc) is 3.29. The second-order valence-electron chi connectivity index (χ2n) is 7.91. The third kappa shape index (κ3) is 5.92. The smallest absolute Gasteiger partial charge is 0.294 e. The fourth-order valence-corrected chi connectivity index (χ4v) is 5.31. The lowest BCUT2D eigenvalue weighted by molar-refractivity contribution is 0.0774. The van der Waals surface area contributed by atoms with E-state index in [2.05, 4.69) is 15.5 Å². The number of nitrogens with zero attached hydrogens (tertiary/aromatic N) is 2. The standard InChI is InChI=1S/C22H21F4N3O5S/c23-13-1-2-16(24)15(9-13)14-3-6-27-20(12-4-7-35(31,32)8-5-12)21(14)28-22(30)17-10-19(29-34-17)33-11-18(25)26/h1-3,6,9-10,12,18,31-32H,4-5,7-8,11H2,(H,28,30). The molecule has 188 valence electrons. The van der Waals surface area contributed by atoms with Crippen molar-refractivity contribution >= 4 is 22.2 Å². The highest BCUT2D eigenvalue weighted by Gasteiger charge is 2.30. The number of nitrogens with one attached hydrogen (secondary N) is 1. The van der Waals surface area contributed by atoms with Gasteiger partial charge in [-0.2, -0.15) is 10.6 Å². The second kappa shape index (κ2) is 10.2. The van der Waals surface area contributed by atoms with Crippen molar-refractivity contribution in [2.45, 2.75) is 25.2 Å². The Bertz CT molecular complexity index is 1210. The van der Waals surface area contributed by atoms with Gasteiger partial charge >= 0.3 is 0 Å². The van der Waals surface area contributed by atoms with Gasteiger partial charge in [0.05, 0.1) is 17.4 Å². The minimum atomic E-state index is -2.75. The van der Waals surface area contributed by atoms with Crippen molar-refractivity contribution in [1.82, 2.24) is 10.1 Å². The molecule has 0 aliphatic carbocycles. The molecule has 1 fully saturated rings. The number of ether oxygens (including phenoxy) is 1. The minimum Gasteiger partial charge on any atom is -0.469 e. The van der Waals surface area contributed by atoms with Gasteiger partial charge in [0.15, 0.2) is 6.61 Å². The molecule has 1 saturated heterocycles. The van der Waals surface area contributed by atoms with Crippen LogP contribution in [0.5, 0.6) is 5.88 Å². The molecule has 0 bridgehead atoms. The van der Waals surface area contributed by atoms with Crippen molar-refractivity contribution in [3.8, 4) is 17.0 Å². The van der Waals surface area contributed by atoms with E-state index in [0.29, 0.717) is 18.5 Å². The number of amides is 1. The minimum absolute atomic E-state index is 0.0804. The lowest BCUT2D eigenvalue weighted by Crippen LogP contribution is -2.22. The van der Waals surface area contributed by atoms with E-state index >= 15 is 0 Å². The first-order chi connectivity index (χ1) is 16.6. The Kier molecular flexibility index (Phi) is 7.28. The summed E-state index contributed by atoms with van der Waals surface area (Å²) in [6.45, 7) is -0.940. The van der Waals surface area contributed by atoms with Gasteiger partial charge in [-0.05, 0) is 42.3 Å². The zero-order valence-corrected chi connectivity index (χ0v) is 18.9. The molecule has 13 heteroatoms. The van der Waals surface area contributed by atoms with Crippen LogP contribution in [0.1, 0.15) is 35.0 Å². The number of benzene rings is 1. The van der Waals surface area contributed by atoms with Crippen LogP contribution in [-0.4, -0.2) is 49.7 Å². The number of hydrogen-bond acceptors (Lipinski definition) is 7. The Hall–Kier alpha value is -3.16. The van der Waals surface area contributed by atoms with Crippen molar-refractivity contribution in [3.05, 3.63) is 59.6 Å². The van der Waals surface area contributed by atoms with E-state index in [1.807, 2.05) is 0 Å². The predicted molar refractivity (Wildman–Crippen MR) is 120 cm³/mol. The van der Waals surface area contributed by atoms with E-state index in [1.54, 1.807) is 0 Å². The van der Waals surface area contributed by atoms with Gasteiger partial charge in [-0.1, -0.05) is 0 Å². The quantitative estimate of drug-likeness (QED) is 0.354. The first-order valence-electron chi connectivity index (χ1n) is 10.5. The Labute approximate surface area is 198 Å². The molecule has 1 aliphatic rings. The molecule has 35 heavy (non-hydrogen) atoms. The van der Waals surface area contributed by atoms with Crippen LogP contribution in [0.4, 0.5) is 23.2 Å². The lowest BCUT2D eigenvalue weighted by Gasteiger charge is -2.39. The second-order valence-corrected chi connectivity index (χ2v) is 10.3. The summed E-state index contributed by atoms with van der Waals surface area (Å²) in [6.07, 6.45) is -0.663. The summed E-state index contributed by atoms with van der Waals surface area (Å²) < 4.78 is 82.8. The van der Waals surface area contributed by atoms with Crippen molar-refractivity contribution in [1.29, 1.82) is 0 Å². The largest absolute Gasteiger partial charge is 0.469 e. The summed E-state index contributed by atoms with van der Waals surface area (Å²) in [5.41, 5.74) is 0.453. The highest BCUT2D eigenvalue weighted by atomic mass is 32.3. The van der Waals surface area contributed by atoms with Crippen LogP contribution in [0, 0.1) is 11.6 Å². The summed E-state index contributed by atoms with van der Waals surface area (Å²) in [6, 6.07) is 5.32. The number of carbonyl (C=O) groups excluding carboxylic acids is 1. The Balaban J connectivity index is 1.70. The molecule has 8 nitrogen and oxygen atoms in total. The van der Waals surface area contributed by atoms with Crippen LogP contribution in [0.2, 0.25) is 0 Å². The van der Waals surface area contributed by atoms with Crippen LogP contribution in [0.3, 0.4) is 0 Å². The molecule has 1 aromatic carbocycles. The molecule has 3 aromatic rings. The molecule has 0 atom stereocenters. The third-order valence-corrected chi connectivity index (χ3v) is 7.26. The van der Waals surface area contributed by atoms with Gasteiger partial charge in [-0.3, -0.25) is 18.9 Å². The summed E-state index contributed by atoms with van der Waals surface area (Å²) in [7, 11) is -2.70. The van der Waals surface area contributed by atoms with E-state index < -0.39 is 41.2 Å². The first kappa shape index (κ1) is 24.9. The zero-order chi connectivity index (χ0) is 25.2. The van der Waals surface area contributed by atoms with Crippen LogP contribution < -0.4 is 10.1 Å². The number of aromatic nitrogens is 2. The summed E-state index contributed by atoms with van der Waals surface area (Å²) in [4.78, 5) is 17.3. The van der Waals surface area contributed by atoms with Gasteiger partial charge in [0, 0.05) is 34.7 Å². The van der Waals surface area contributed by atoms with Gasteiger partial charge in [-0.15, -0.1) is 0 Å². The number of pyridine rings is 1. The molecule has 0 saturated carbocycles. The highest BCUT2D eigenvalue weighted by Crippen LogP contribution is 2.49. The first-order valence-corrected chi connectivity index (χ1v) is 12.4. The van der Waals surface area contributed by atoms with E-state index in [1.165, 1.54) is 12.3 Å². The Morgan fingerprint density at radius 2 is 1.91 bits per heavy atom. The topological polar surface area (TPSA) is 118 Å². The molecule has 0 radical (unpaired) electrons. The molecule has 4 rings (SSSR count). The van der Waals surface area contributed by atoms with Crippen molar-refractivity contribution in [3.63, 3.8) is 0 Å². The zero-order valence-electron chi connectivity index (χ0n) is 18.1. The average molecular weight is 515 g/mol. The van der Waals surface area contributed by atoms with Gasteiger partial charge in [0.2, 0.25) is 5.76 Å². The Morgan fingerprint density at radius 1 is 1.17 bits per heavy atom. The molecule has 3 N–H and O–H groups in total. The summed E-state index contributed by atoms with van der Waals surface area (Å²) in [5, 5.41) is 6.01. The molecule has 1 aliphatic heterocycles. The maximum Gasteiger partial charge on any atom is 0.294 e. The Morgan fingerprint density at radius 3 is 2.63 bits per heavy atom. The van der Waals surface area contributed by atoms with E-state index in [0.717, 1.165) is 24.3 Å². The SMILES string of the molecule is O=C(Nc1c(-c2cc(F)ccc2F)ccnc1C1CCS(O)(O)CC1)c1cc(OCC(F)F)no1. The summed E-state index contributed by atoms with van der Waals surface area (Å²) >= 11 is 0. The van der Waals surface area contributed by atoms with Gasteiger partial charge in [0.25, 0.3) is 18.2 Å². The molecular formula is C22H21F4N3O5S. The van der Waals surface area contributed by atoms with Crippen LogP contribution in [0.15, 0.2) is 41.1 Å². The van der Waals surface area contributed by atoms with Gasteiger partial charge in [-0.25, -0.2) is 17.6 Å². The fraction of sp³-hybridized carbons (Fsp3) is 0.318. The molecule has 0 unspecified atom stereocenters. The lowest BCUT2D eigenvalue weighted by atomic mass is 9.93. The van der Waals surface area contributed by atoms with E-state index in [-0.39, 0.29) is 45.9 Å². The monoisotopic (exact) mass is 515 g/mol. The third-order valence-electron chi connectivity index (χ3n) is 5.48.